The fraction of sp³-hybridized carbons (Fsp3) is 0. The summed E-state index contributed by atoms with van der Waals surface area (Å²) in [5.41, 5.74) is 3.48. The van der Waals surface area contributed by atoms with Crippen LogP contribution in [0.15, 0.2) is 47.8 Å². The second kappa shape index (κ2) is 6.31. The molecule has 0 radical (unpaired) electrons. The van der Waals surface area contributed by atoms with E-state index in [0.29, 0.717) is 10.6 Å². The smallest absolute Gasteiger partial charge is 0.267 e. The fourth-order valence-electron chi connectivity index (χ4n) is 1.35. The summed E-state index contributed by atoms with van der Waals surface area (Å²) in [7, 11) is 0. The van der Waals surface area contributed by atoms with E-state index in [1.54, 1.807) is 30.6 Å². The topological polar surface area (TPSA) is 54.4 Å². The summed E-state index contributed by atoms with van der Waals surface area (Å²) in [4.78, 5) is 15.7. The second-order valence-corrected chi connectivity index (χ2v) is 4.45. The normalized spacial score (nSPS) is 10.6. The first-order valence-electron chi connectivity index (χ1n) is 5.35. The first-order chi connectivity index (χ1) is 9.16. The molecule has 0 fully saturated rings. The molecule has 1 aromatic carbocycles. The number of aromatic nitrogens is 1. The van der Waals surface area contributed by atoms with Crippen LogP contribution in [0.5, 0.6) is 0 Å². The third kappa shape index (κ3) is 3.77. The van der Waals surface area contributed by atoms with E-state index in [1.165, 1.54) is 12.3 Å². The standard InChI is InChI=1S/C13H9Cl2N3O/c14-10-3-4-11(12(15)6-10)13(19)18-17-8-9-2-1-5-16-7-9/h1-8H,(H,18,19)/b17-8-. The molecule has 4 nitrogen and oxygen atoms in total. The molecule has 0 aliphatic carbocycles. The predicted molar refractivity (Wildman–Crippen MR) is 75.8 cm³/mol. The highest BCUT2D eigenvalue weighted by molar-refractivity contribution is 6.36. The first kappa shape index (κ1) is 13.5. The number of nitrogens with one attached hydrogen (secondary N) is 1. The molecule has 1 amide bonds. The molecule has 0 aliphatic rings. The Hall–Kier alpha value is -1.91. The fourth-order valence-corrected chi connectivity index (χ4v) is 1.85. The van der Waals surface area contributed by atoms with Crippen LogP contribution in [0.3, 0.4) is 0 Å². The third-order valence-corrected chi connectivity index (χ3v) is 2.79. The highest BCUT2D eigenvalue weighted by atomic mass is 35.5. The van der Waals surface area contributed by atoms with Crippen molar-refractivity contribution in [3.05, 3.63) is 63.9 Å². The number of carbonyl (C=O) groups excluding carboxylic acids is 1. The van der Waals surface area contributed by atoms with Crippen molar-refractivity contribution in [3.63, 3.8) is 0 Å². The van der Waals surface area contributed by atoms with Gasteiger partial charge in [-0.3, -0.25) is 9.78 Å². The van der Waals surface area contributed by atoms with Crippen molar-refractivity contribution >= 4 is 35.3 Å². The van der Waals surface area contributed by atoms with Crippen LogP contribution < -0.4 is 5.43 Å². The number of carbonyl (C=O) groups is 1. The molecule has 0 unspecified atom stereocenters. The zero-order valence-electron chi connectivity index (χ0n) is 9.68. The van der Waals surface area contributed by atoms with E-state index >= 15 is 0 Å². The quantitative estimate of drug-likeness (QED) is 0.698. The molecule has 1 heterocycles. The van der Waals surface area contributed by atoms with Crippen molar-refractivity contribution in [3.8, 4) is 0 Å². The zero-order valence-corrected chi connectivity index (χ0v) is 11.2. The number of halogens is 2. The summed E-state index contributed by atoms with van der Waals surface area (Å²) in [6.07, 6.45) is 4.78. The van der Waals surface area contributed by atoms with Crippen molar-refractivity contribution in [2.45, 2.75) is 0 Å². The Morgan fingerprint density at radius 1 is 1.32 bits per heavy atom. The van der Waals surface area contributed by atoms with Gasteiger partial charge in [-0.2, -0.15) is 5.10 Å². The maximum absolute atomic E-state index is 11.8. The van der Waals surface area contributed by atoms with Crippen LogP contribution >= 0.6 is 23.2 Å². The molecule has 1 N–H and O–H groups in total. The number of amides is 1. The summed E-state index contributed by atoms with van der Waals surface area (Å²) >= 11 is 11.7. The molecule has 0 aliphatic heterocycles. The maximum atomic E-state index is 11.8. The van der Waals surface area contributed by atoms with E-state index < -0.39 is 5.91 Å². The molecule has 6 heteroatoms. The van der Waals surface area contributed by atoms with Crippen molar-refractivity contribution in [1.29, 1.82) is 0 Å². The Kier molecular flexibility index (Phi) is 4.49. The van der Waals surface area contributed by atoms with Gasteiger partial charge in [-0.25, -0.2) is 5.43 Å². The lowest BCUT2D eigenvalue weighted by Gasteiger charge is -2.02. The molecule has 0 spiro atoms. The van der Waals surface area contributed by atoms with Crippen molar-refractivity contribution in [2.75, 3.05) is 0 Å². The lowest BCUT2D eigenvalue weighted by Crippen LogP contribution is -2.18. The van der Waals surface area contributed by atoms with Crippen molar-refractivity contribution < 1.29 is 4.79 Å². The molecule has 1 aromatic heterocycles. The van der Waals surface area contributed by atoms with Gasteiger partial charge in [0.2, 0.25) is 0 Å². The molecule has 96 valence electrons. The lowest BCUT2D eigenvalue weighted by molar-refractivity contribution is 0.0955. The molecule has 0 saturated carbocycles. The van der Waals surface area contributed by atoms with E-state index in [1.807, 2.05) is 6.07 Å². The number of rotatable bonds is 3. The number of hydrazone groups is 1. The molecule has 2 rings (SSSR count). The summed E-state index contributed by atoms with van der Waals surface area (Å²) in [5.74, 6) is -0.401. The van der Waals surface area contributed by atoms with E-state index in [-0.39, 0.29) is 5.02 Å². The van der Waals surface area contributed by atoms with Gasteiger partial charge in [-0.1, -0.05) is 29.3 Å². The van der Waals surface area contributed by atoms with Crippen LogP contribution in [-0.2, 0) is 0 Å². The van der Waals surface area contributed by atoms with Gasteiger partial charge < -0.3 is 0 Å². The number of benzene rings is 1. The van der Waals surface area contributed by atoms with Crippen molar-refractivity contribution in [1.82, 2.24) is 10.4 Å². The van der Waals surface area contributed by atoms with Crippen LogP contribution in [0.1, 0.15) is 15.9 Å². The van der Waals surface area contributed by atoms with Gasteiger partial charge in [-0.05, 0) is 24.3 Å². The minimum atomic E-state index is -0.401. The molecule has 2 aromatic rings. The minimum Gasteiger partial charge on any atom is -0.267 e. The Balaban J connectivity index is 2.04. The Morgan fingerprint density at radius 3 is 2.84 bits per heavy atom. The van der Waals surface area contributed by atoms with Gasteiger partial charge in [-0.15, -0.1) is 0 Å². The van der Waals surface area contributed by atoms with Crippen LogP contribution in [0.4, 0.5) is 0 Å². The highest BCUT2D eigenvalue weighted by Crippen LogP contribution is 2.20. The second-order valence-electron chi connectivity index (χ2n) is 3.61. The first-order valence-corrected chi connectivity index (χ1v) is 6.11. The lowest BCUT2D eigenvalue weighted by atomic mass is 10.2. The minimum absolute atomic E-state index is 0.279. The van der Waals surface area contributed by atoms with Gasteiger partial charge in [0.05, 0.1) is 16.8 Å². The highest BCUT2D eigenvalue weighted by Gasteiger charge is 2.09. The zero-order chi connectivity index (χ0) is 13.7. The monoisotopic (exact) mass is 293 g/mol. The number of hydrogen-bond acceptors (Lipinski definition) is 3. The van der Waals surface area contributed by atoms with E-state index in [0.717, 1.165) is 5.56 Å². The number of hydrogen-bond donors (Lipinski definition) is 1. The molecular weight excluding hydrogens is 285 g/mol. The van der Waals surface area contributed by atoms with Crippen molar-refractivity contribution in [2.24, 2.45) is 5.10 Å². The predicted octanol–water partition coefficient (Wildman–Crippen LogP) is 3.15. The van der Waals surface area contributed by atoms with Gasteiger partial charge in [0, 0.05) is 23.0 Å². The Bertz CT molecular complexity index is 615. The van der Waals surface area contributed by atoms with Gasteiger partial charge in [0.25, 0.3) is 5.91 Å². The van der Waals surface area contributed by atoms with Gasteiger partial charge in [0.15, 0.2) is 0 Å². The number of nitrogens with zero attached hydrogens (tertiary/aromatic N) is 2. The number of pyridine rings is 1. The van der Waals surface area contributed by atoms with E-state index in [2.05, 4.69) is 15.5 Å². The van der Waals surface area contributed by atoms with Crippen LogP contribution in [0.2, 0.25) is 10.0 Å². The van der Waals surface area contributed by atoms with Crippen LogP contribution in [-0.4, -0.2) is 17.1 Å². The third-order valence-electron chi connectivity index (χ3n) is 2.24. The van der Waals surface area contributed by atoms with Gasteiger partial charge in [0.1, 0.15) is 0 Å². The molecule has 0 atom stereocenters. The summed E-state index contributed by atoms with van der Waals surface area (Å²) in [6.45, 7) is 0. The SMILES string of the molecule is O=C(N/N=C\c1cccnc1)c1ccc(Cl)cc1Cl. The molecule has 19 heavy (non-hydrogen) atoms. The molecule has 0 bridgehead atoms. The van der Waals surface area contributed by atoms with E-state index in [9.17, 15) is 4.79 Å². The Labute approximate surface area is 120 Å². The Morgan fingerprint density at radius 2 is 2.16 bits per heavy atom. The maximum Gasteiger partial charge on any atom is 0.272 e. The summed E-state index contributed by atoms with van der Waals surface area (Å²) in [5, 5.41) is 4.58. The van der Waals surface area contributed by atoms with Crippen LogP contribution in [0.25, 0.3) is 0 Å². The van der Waals surface area contributed by atoms with E-state index in [4.69, 9.17) is 23.2 Å². The molecular formula is C13H9Cl2N3O. The summed E-state index contributed by atoms with van der Waals surface area (Å²) in [6, 6.07) is 8.23. The summed E-state index contributed by atoms with van der Waals surface area (Å²) < 4.78 is 0. The largest absolute Gasteiger partial charge is 0.272 e. The molecule has 0 saturated heterocycles. The average Bonchev–Trinajstić information content (AvgIpc) is 2.39. The van der Waals surface area contributed by atoms with Gasteiger partial charge >= 0.3 is 0 Å². The average molecular weight is 294 g/mol. The van der Waals surface area contributed by atoms with Crippen LogP contribution in [0, 0.1) is 0 Å².